The Labute approximate surface area is 194 Å². The van der Waals surface area contributed by atoms with Gasteiger partial charge in [-0.05, 0) is 35.4 Å². The highest BCUT2D eigenvalue weighted by Gasteiger charge is 2.32. The fraction of sp³-hybridized carbons (Fsp3) is 0.333. The normalized spacial score (nSPS) is 18.0. The molecule has 8 nitrogen and oxygen atoms in total. The number of benzene rings is 2. The van der Waals surface area contributed by atoms with Crippen molar-refractivity contribution in [1.82, 2.24) is 24.8 Å². The van der Waals surface area contributed by atoms with Gasteiger partial charge in [0.2, 0.25) is 5.91 Å². The van der Waals surface area contributed by atoms with Crippen molar-refractivity contribution in [2.45, 2.75) is 25.7 Å². The number of hydrogen-bond donors (Lipinski definition) is 0. The van der Waals surface area contributed by atoms with Crippen molar-refractivity contribution in [1.29, 1.82) is 0 Å². The lowest BCUT2D eigenvalue weighted by atomic mass is 10.1. The van der Waals surface area contributed by atoms with E-state index in [1.54, 1.807) is 38.7 Å². The van der Waals surface area contributed by atoms with Crippen LogP contribution in [0.25, 0.3) is 0 Å². The van der Waals surface area contributed by atoms with Gasteiger partial charge in [-0.2, -0.15) is 0 Å². The fourth-order valence-corrected chi connectivity index (χ4v) is 4.25. The second kappa shape index (κ2) is 9.30. The summed E-state index contributed by atoms with van der Waals surface area (Å²) in [4.78, 5) is 29.1. The van der Waals surface area contributed by atoms with Gasteiger partial charge in [0.15, 0.2) is 5.69 Å². The lowest BCUT2D eigenvalue weighted by Gasteiger charge is -2.34. The van der Waals surface area contributed by atoms with E-state index < -0.39 is 0 Å². The van der Waals surface area contributed by atoms with Gasteiger partial charge < -0.3 is 14.5 Å². The monoisotopic (exact) mass is 467 g/mol. The van der Waals surface area contributed by atoms with Crippen molar-refractivity contribution in [3.8, 4) is 0 Å². The third kappa shape index (κ3) is 4.54. The molecule has 3 heterocycles. The molecule has 1 atom stereocenters. The molecule has 1 saturated heterocycles. The van der Waals surface area contributed by atoms with Crippen molar-refractivity contribution < 1.29 is 23.1 Å². The van der Waals surface area contributed by atoms with Crippen LogP contribution >= 0.6 is 0 Å². The number of ether oxygens (including phenoxy) is 1. The van der Waals surface area contributed by atoms with Gasteiger partial charge in [-0.25, -0.2) is 13.5 Å². The second-order valence-electron chi connectivity index (χ2n) is 8.39. The second-order valence-corrected chi connectivity index (χ2v) is 8.39. The summed E-state index contributed by atoms with van der Waals surface area (Å²) in [6, 6.07) is 12.0. The van der Waals surface area contributed by atoms with Crippen molar-refractivity contribution in [2.75, 3.05) is 26.2 Å². The zero-order chi connectivity index (χ0) is 23.7. The third-order valence-corrected chi connectivity index (χ3v) is 6.23. The first-order valence-electron chi connectivity index (χ1n) is 11.1. The van der Waals surface area contributed by atoms with Gasteiger partial charge >= 0.3 is 0 Å². The molecule has 2 aliphatic rings. The van der Waals surface area contributed by atoms with E-state index >= 15 is 0 Å². The molecule has 34 heavy (non-hydrogen) atoms. The van der Waals surface area contributed by atoms with E-state index in [2.05, 4.69) is 10.3 Å². The first-order valence-corrected chi connectivity index (χ1v) is 11.1. The number of fused-ring (bicyclic) bond motifs is 1. The van der Waals surface area contributed by atoms with Crippen LogP contribution in [0, 0.1) is 11.6 Å². The quantitative estimate of drug-likeness (QED) is 0.589. The standard InChI is InChI=1S/C24H23F2N5O3/c25-18-5-1-16(2-6-18)13-22(32)29-9-11-30(12-10-29)24(33)23-20-15-34-21(14-31(20)28-27-23)17-3-7-19(26)8-4-17/h1-8,21H,9-15H2/t21-/m1/s1. The van der Waals surface area contributed by atoms with Crippen LogP contribution in [-0.2, 0) is 29.1 Å². The summed E-state index contributed by atoms with van der Waals surface area (Å²) in [5.74, 6) is -0.947. The third-order valence-electron chi connectivity index (χ3n) is 6.23. The first-order chi connectivity index (χ1) is 16.5. The van der Waals surface area contributed by atoms with Gasteiger partial charge in [0.25, 0.3) is 5.91 Å². The van der Waals surface area contributed by atoms with Gasteiger partial charge in [0.05, 0.1) is 25.3 Å². The topological polar surface area (TPSA) is 80.6 Å². The van der Waals surface area contributed by atoms with Crippen LogP contribution < -0.4 is 0 Å². The number of carbonyl (C=O) groups is 2. The largest absolute Gasteiger partial charge is 0.365 e. The molecule has 176 valence electrons. The molecule has 0 spiro atoms. The Morgan fingerprint density at radius 1 is 0.912 bits per heavy atom. The maximum atomic E-state index is 13.2. The van der Waals surface area contributed by atoms with Crippen molar-refractivity contribution in [3.63, 3.8) is 0 Å². The number of carbonyl (C=O) groups excluding carboxylic acids is 2. The summed E-state index contributed by atoms with van der Waals surface area (Å²) in [6.07, 6.45) is -0.104. The molecule has 0 unspecified atom stereocenters. The molecule has 5 rings (SSSR count). The summed E-state index contributed by atoms with van der Waals surface area (Å²) < 4.78 is 33.8. The SMILES string of the molecule is O=C(Cc1ccc(F)cc1)N1CCN(C(=O)c2nnn3c2CO[C@@H](c2ccc(F)cc2)C3)CC1. The Balaban J connectivity index is 1.18. The summed E-state index contributed by atoms with van der Waals surface area (Å²) in [5, 5.41) is 8.24. The number of piperazine rings is 1. The van der Waals surface area contributed by atoms with Gasteiger partial charge in [-0.3, -0.25) is 9.59 Å². The summed E-state index contributed by atoms with van der Waals surface area (Å²) in [7, 11) is 0. The zero-order valence-electron chi connectivity index (χ0n) is 18.4. The van der Waals surface area contributed by atoms with E-state index in [1.165, 1.54) is 24.3 Å². The molecule has 0 N–H and O–H groups in total. The van der Waals surface area contributed by atoms with Crippen LogP contribution in [0.2, 0.25) is 0 Å². The molecule has 0 aliphatic carbocycles. The molecule has 1 aromatic heterocycles. The molecule has 2 amide bonds. The lowest BCUT2D eigenvalue weighted by Crippen LogP contribution is -2.51. The highest BCUT2D eigenvalue weighted by Crippen LogP contribution is 2.27. The highest BCUT2D eigenvalue weighted by molar-refractivity contribution is 5.93. The fourth-order valence-electron chi connectivity index (χ4n) is 4.25. The molecule has 2 aliphatic heterocycles. The van der Waals surface area contributed by atoms with E-state index in [-0.39, 0.29) is 48.3 Å². The van der Waals surface area contributed by atoms with Crippen LogP contribution in [0.4, 0.5) is 8.78 Å². The van der Waals surface area contributed by atoms with Crippen LogP contribution in [0.1, 0.15) is 33.4 Å². The molecule has 10 heteroatoms. The van der Waals surface area contributed by atoms with Crippen LogP contribution in [0.5, 0.6) is 0 Å². The Morgan fingerprint density at radius 3 is 2.21 bits per heavy atom. The Bertz CT molecular complexity index is 1190. The van der Waals surface area contributed by atoms with Crippen LogP contribution in [0.3, 0.4) is 0 Å². The number of rotatable bonds is 4. The van der Waals surface area contributed by atoms with Crippen molar-refractivity contribution >= 4 is 11.8 Å². The maximum absolute atomic E-state index is 13.2. The van der Waals surface area contributed by atoms with Gasteiger partial charge in [0.1, 0.15) is 17.7 Å². The Hall–Kier alpha value is -3.66. The van der Waals surface area contributed by atoms with E-state index in [9.17, 15) is 18.4 Å². The average Bonchev–Trinajstić information content (AvgIpc) is 3.29. The average molecular weight is 467 g/mol. The maximum Gasteiger partial charge on any atom is 0.276 e. The number of halogens is 2. The number of nitrogens with zero attached hydrogens (tertiary/aromatic N) is 5. The molecule has 0 bridgehead atoms. The molecular formula is C24H23F2N5O3. The van der Waals surface area contributed by atoms with E-state index in [0.717, 1.165) is 11.1 Å². The van der Waals surface area contributed by atoms with Crippen molar-refractivity contribution in [2.24, 2.45) is 0 Å². The lowest BCUT2D eigenvalue weighted by molar-refractivity contribution is -0.131. The summed E-state index contributed by atoms with van der Waals surface area (Å²) in [6.45, 7) is 2.16. The minimum Gasteiger partial charge on any atom is -0.365 e. The zero-order valence-corrected chi connectivity index (χ0v) is 18.4. The summed E-state index contributed by atoms with van der Waals surface area (Å²) >= 11 is 0. The van der Waals surface area contributed by atoms with Gasteiger partial charge in [0, 0.05) is 26.2 Å². The molecule has 2 aromatic carbocycles. The van der Waals surface area contributed by atoms with E-state index in [0.29, 0.717) is 38.4 Å². The van der Waals surface area contributed by atoms with Crippen LogP contribution in [0.15, 0.2) is 48.5 Å². The summed E-state index contributed by atoms with van der Waals surface area (Å²) in [5.41, 5.74) is 2.44. The highest BCUT2D eigenvalue weighted by atomic mass is 19.1. The molecule has 3 aromatic rings. The predicted molar refractivity (Wildman–Crippen MR) is 117 cm³/mol. The minimum absolute atomic E-state index is 0.0556. The number of hydrogen-bond acceptors (Lipinski definition) is 5. The van der Waals surface area contributed by atoms with Gasteiger partial charge in [-0.1, -0.05) is 29.5 Å². The smallest absolute Gasteiger partial charge is 0.276 e. The van der Waals surface area contributed by atoms with Gasteiger partial charge in [-0.15, -0.1) is 5.10 Å². The minimum atomic E-state index is -0.337. The Kier molecular flexibility index (Phi) is 6.06. The van der Waals surface area contributed by atoms with E-state index in [1.807, 2.05) is 0 Å². The molecule has 1 fully saturated rings. The number of amides is 2. The number of aromatic nitrogens is 3. The van der Waals surface area contributed by atoms with Crippen LogP contribution in [-0.4, -0.2) is 62.8 Å². The molecule has 0 radical (unpaired) electrons. The Morgan fingerprint density at radius 2 is 1.53 bits per heavy atom. The van der Waals surface area contributed by atoms with E-state index in [4.69, 9.17) is 4.74 Å². The van der Waals surface area contributed by atoms with Crippen molar-refractivity contribution in [3.05, 3.63) is 82.7 Å². The first kappa shape index (κ1) is 22.1. The molecule has 0 saturated carbocycles. The molecular weight excluding hydrogens is 444 g/mol. The predicted octanol–water partition coefficient (Wildman–Crippen LogP) is 2.35.